The van der Waals surface area contributed by atoms with Crippen LogP contribution in [0.2, 0.25) is 0 Å². The maximum absolute atomic E-state index is 10.9. The van der Waals surface area contributed by atoms with Crippen molar-refractivity contribution in [1.82, 2.24) is 10.3 Å². The van der Waals surface area contributed by atoms with Crippen molar-refractivity contribution >= 4 is 11.5 Å². The van der Waals surface area contributed by atoms with Crippen molar-refractivity contribution in [2.75, 3.05) is 25.0 Å². The Balaban J connectivity index is 2.23. The van der Waals surface area contributed by atoms with Gasteiger partial charge in [-0.15, -0.1) is 0 Å². The number of rotatable bonds is 3. The summed E-state index contributed by atoms with van der Waals surface area (Å²) < 4.78 is 0. The molecule has 1 atom stereocenters. The second-order valence-electron chi connectivity index (χ2n) is 4.21. The van der Waals surface area contributed by atoms with Gasteiger partial charge >= 0.3 is 5.69 Å². The fraction of sp³-hybridized carbons (Fsp3) is 0.545. The molecule has 6 nitrogen and oxygen atoms in total. The van der Waals surface area contributed by atoms with E-state index in [1.165, 1.54) is 6.07 Å². The molecule has 2 heterocycles. The largest absolute Gasteiger partial charge is 0.350 e. The number of likely N-dealkylation sites (N-methyl/N-ethyl adjacent to an activating group) is 1. The fourth-order valence-electron chi connectivity index (χ4n) is 2.14. The SMILES string of the molecule is CN(c1ncccc1[N+](=O)[O-])[C@H]1CCCNC1. The fourth-order valence-corrected chi connectivity index (χ4v) is 2.14. The summed E-state index contributed by atoms with van der Waals surface area (Å²) in [5.74, 6) is 0.450. The Morgan fingerprint density at radius 2 is 2.47 bits per heavy atom. The molecule has 0 unspecified atom stereocenters. The third kappa shape index (κ3) is 2.52. The van der Waals surface area contributed by atoms with Crippen LogP contribution < -0.4 is 10.2 Å². The second-order valence-corrected chi connectivity index (χ2v) is 4.21. The molecule has 0 radical (unpaired) electrons. The van der Waals surface area contributed by atoms with Gasteiger partial charge in [0.25, 0.3) is 0 Å². The van der Waals surface area contributed by atoms with Crippen LogP contribution in [-0.2, 0) is 0 Å². The maximum Gasteiger partial charge on any atom is 0.311 e. The van der Waals surface area contributed by atoms with Crippen LogP contribution in [0, 0.1) is 10.1 Å². The molecule has 0 saturated carbocycles. The summed E-state index contributed by atoms with van der Waals surface area (Å²) >= 11 is 0. The van der Waals surface area contributed by atoms with Gasteiger partial charge in [0.2, 0.25) is 5.82 Å². The zero-order valence-electron chi connectivity index (χ0n) is 9.80. The van der Waals surface area contributed by atoms with E-state index < -0.39 is 0 Å². The van der Waals surface area contributed by atoms with Crippen LogP contribution in [-0.4, -0.2) is 36.1 Å². The lowest BCUT2D eigenvalue weighted by molar-refractivity contribution is -0.384. The van der Waals surface area contributed by atoms with Crippen LogP contribution in [0.5, 0.6) is 0 Å². The third-order valence-corrected chi connectivity index (χ3v) is 3.12. The van der Waals surface area contributed by atoms with Gasteiger partial charge < -0.3 is 10.2 Å². The van der Waals surface area contributed by atoms with Crippen LogP contribution in [0.1, 0.15) is 12.8 Å². The van der Waals surface area contributed by atoms with Crippen molar-refractivity contribution in [2.45, 2.75) is 18.9 Å². The number of anilines is 1. The normalized spacial score (nSPS) is 19.9. The molecule has 1 saturated heterocycles. The molecule has 0 bridgehead atoms. The van der Waals surface area contributed by atoms with Crippen molar-refractivity contribution in [1.29, 1.82) is 0 Å². The van der Waals surface area contributed by atoms with Gasteiger partial charge in [0.15, 0.2) is 0 Å². The molecule has 0 spiro atoms. The number of piperidine rings is 1. The second kappa shape index (κ2) is 5.09. The van der Waals surface area contributed by atoms with Crippen LogP contribution in [0.4, 0.5) is 11.5 Å². The summed E-state index contributed by atoms with van der Waals surface area (Å²) in [4.78, 5) is 16.6. The molecular formula is C11H16N4O2. The first-order valence-corrected chi connectivity index (χ1v) is 5.73. The summed E-state index contributed by atoms with van der Waals surface area (Å²) in [7, 11) is 1.87. The molecule has 0 amide bonds. The predicted molar refractivity (Wildman–Crippen MR) is 65.2 cm³/mol. The zero-order chi connectivity index (χ0) is 12.3. The predicted octanol–water partition coefficient (Wildman–Crippen LogP) is 1.18. The highest BCUT2D eigenvalue weighted by atomic mass is 16.6. The van der Waals surface area contributed by atoms with Crippen molar-refractivity contribution in [3.63, 3.8) is 0 Å². The number of nitro groups is 1. The van der Waals surface area contributed by atoms with Gasteiger partial charge in [0.05, 0.1) is 4.92 Å². The first-order valence-electron chi connectivity index (χ1n) is 5.73. The van der Waals surface area contributed by atoms with Gasteiger partial charge in [-0.1, -0.05) is 0 Å². The average Bonchev–Trinajstić information content (AvgIpc) is 2.39. The van der Waals surface area contributed by atoms with Crippen LogP contribution in [0.25, 0.3) is 0 Å². The van der Waals surface area contributed by atoms with Crippen molar-refractivity contribution in [3.05, 3.63) is 28.4 Å². The number of hydrogen-bond acceptors (Lipinski definition) is 5. The maximum atomic E-state index is 10.9. The molecule has 1 aliphatic rings. The first-order chi connectivity index (χ1) is 8.20. The van der Waals surface area contributed by atoms with Gasteiger partial charge in [-0.3, -0.25) is 10.1 Å². The Morgan fingerprint density at radius 1 is 1.65 bits per heavy atom. The summed E-state index contributed by atoms with van der Waals surface area (Å²) in [5.41, 5.74) is 0.0700. The molecule has 1 fully saturated rings. The monoisotopic (exact) mass is 236 g/mol. The smallest absolute Gasteiger partial charge is 0.311 e. The minimum atomic E-state index is -0.380. The van der Waals surface area contributed by atoms with E-state index in [1.54, 1.807) is 12.3 Å². The number of nitrogens with zero attached hydrogens (tertiary/aromatic N) is 3. The van der Waals surface area contributed by atoms with E-state index in [-0.39, 0.29) is 16.7 Å². The van der Waals surface area contributed by atoms with E-state index in [0.29, 0.717) is 5.82 Å². The zero-order valence-corrected chi connectivity index (χ0v) is 9.80. The molecule has 0 aromatic carbocycles. The highest BCUT2D eigenvalue weighted by Crippen LogP contribution is 2.26. The Labute approximate surface area is 99.8 Å². The van der Waals surface area contributed by atoms with Gasteiger partial charge in [0.1, 0.15) is 0 Å². The molecule has 6 heteroatoms. The lowest BCUT2D eigenvalue weighted by Gasteiger charge is -2.32. The van der Waals surface area contributed by atoms with Gasteiger partial charge in [-0.2, -0.15) is 0 Å². The van der Waals surface area contributed by atoms with E-state index in [2.05, 4.69) is 10.3 Å². The number of nitrogens with one attached hydrogen (secondary N) is 1. The lowest BCUT2D eigenvalue weighted by atomic mass is 10.1. The Bertz CT molecular complexity index is 404. The molecule has 1 aromatic rings. The molecule has 1 aliphatic heterocycles. The molecule has 17 heavy (non-hydrogen) atoms. The van der Waals surface area contributed by atoms with E-state index >= 15 is 0 Å². The topological polar surface area (TPSA) is 71.3 Å². The third-order valence-electron chi connectivity index (χ3n) is 3.12. The highest BCUT2D eigenvalue weighted by molar-refractivity contribution is 5.57. The van der Waals surface area contributed by atoms with E-state index in [1.807, 2.05) is 11.9 Å². The molecule has 92 valence electrons. The quantitative estimate of drug-likeness (QED) is 0.630. The molecule has 1 aromatic heterocycles. The Hall–Kier alpha value is -1.69. The average molecular weight is 236 g/mol. The van der Waals surface area contributed by atoms with E-state index in [9.17, 15) is 10.1 Å². The van der Waals surface area contributed by atoms with Crippen molar-refractivity contribution in [3.8, 4) is 0 Å². The van der Waals surface area contributed by atoms with Crippen LogP contribution >= 0.6 is 0 Å². The van der Waals surface area contributed by atoms with Gasteiger partial charge in [0, 0.05) is 31.9 Å². The standard InChI is InChI=1S/C11H16N4O2/c1-14(9-4-2-6-12-8-9)11-10(15(16)17)5-3-7-13-11/h3,5,7,9,12H,2,4,6,8H2,1H3/t9-/m0/s1. The van der Waals surface area contributed by atoms with Gasteiger partial charge in [-0.05, 0) is 25.5 Å². The summed E-state index contributed by atoms with van der Waals surface area (Å²) in [6.45, 7) is 1.87. The molecule has 2 rings (SSSR count). The van der Waals surface area contributed by atoms with Crippen LogP contribution in [0.15, 0.2) is 18.3 Å². The minimum Gasteiger partial charge on any atom is -0.350 e. The number of hydrogen-bond donors (Lipinski definition) is 1. The lowest BCUT2D eigenvalue weighted by Crippen LogP contribution is -2.44. The van der Waals surface area contributed by atoms with E-state index in [0.717, 1.165) is 25.9 Å². The summed E-state index contributed by atoms with van der Waals surface area (Å²) in [5, 5.41) is 14.2. The summed E-state index contributed by atoms with van der Waals surface area (Å²) in [6.07, 6.45) is 3.72. The summed E-state index contributed by atoms with van der Waals surface area (Å²) in [6, 6.07) is 3.36. The number of pyridine rings is 1. The Kier molecular flexibility index (Phi) is 3.53. The van der Waals surface area contributed by atoms with Crippen molar-refractivity contribution in [2.24, 2.45) is 0 Å². The Morgan fingerprint density at radius 3 is 3.12 bits per heavy atom. The first kappa shape index (κ1) is 11.8. The molecule has 1 N–H and O–H groups in total. The van der Waals surface area contributed by atoms with E-state index in [4.69, 9.17) is 0 Å². The minimum absolute atomic E-state index is 0.0700. The number of aromatic nitrogens is 1. The van der Waals surface area contributed by atoms with Gasteiger partial charge in [-0.25, -0.2) is 4.98 Å². The van der Waals surface area contributed by atoms with Crippen molar-refractivity contribution < 1.29 is 4.92 Å². The van der Waals surface area contributed by atoms with Crippen LogP contribution in [0.3, 0.4) is 0 Å². The highest BCUT2D eigenvalue weighted by Gasteiger charge is 2.24. The molecular weight excluding hydrogens is 220 g/mol. The molecule has 0 aliphatic carbocycles.